The van der Waals surface area contributed by atoms with Crippen molar-refractivity contribution >= 4 is 17.8 Å². The Kier molecular flexibility index (Phi) is 6.81. The van der Waals surface area contributed by atoms with Crippen LogP contribution >= 0.6 is 0 Å². The van der Waals surface area contributed by atoms with E-state index in [0.717, 1.165) is 19.4 Å². The molecule has 0 saturated heterocycles. The van der Waals surface area contributed by atoms with Crippen LogP contribution in [-0.4, -0.2) is 32.9 Å². The molecule has 0 aliphatic carbocycles. The molecule has 1 rings (SSSR count). The van der Waals surface area contributed by atoms with Crippen molar-refractivity contribution in [2.24, 2.45) is 0 Å². The topological polar surface area (TPSA) is 85.3 Å². The molecule has 0 fully saturated rings. The van der Waals surface area contributed by atoms with Gasteiger partial charge in [-0.2, -0.15) is 5.10 Å². The van der Waals surface area contributed by atoms with Crippen LogP contribution in [0.4, 0.5) is 10.6 Å². The molecule has 0 unspecified atom stereocenters. The summed E-state index contributed by atoms with van der Waals surface area (Å²) >= 11 is 0. The maximum Gasteiger partial charge on any atom is 0.408 e. The molecule has 0 saturated carbocycles. The zero-order valence-electron chi connectivity index (χ0n) is 15.6. The number of hydrogen-bond donors (Lipinski definition) is 2. The number of nitrogens with one attached hydrogen (secondary N) is 2. The number of unbranched alkanes of at least 4 members (excludes halogenated alkanes) is 1. The second kappa shape index (κ2) is 8.17. The SMILES string of the molecule is CCCCn1nccc1NC(=O)CC(C)(C)NC(=O)OC(C)(C)C. The lowest BCUT2D eigenvalue weighted by molar-refractivity contribution is -0.117. The predicted molar refractivity (Wildman–Crippen MR) is 93.8 cm³/mol. The second-order valence-electron chi connectivity index (χ2n) is 7.53. The van der Waals surface area contributed by atoms with Crippen LogP contribution in [0.1, 0.15) is 60.8 Å². The van der Waals surface area contributed by atoms with E-state index in [-0.39, 0.29) is 12.3 Å². The first-order valence-electron chi connectivity index (χ1n) is 8.35. The van der Waals surface area contributed by atoms with Crippen LogP contribution in [0.3, 0.4) is 0 Å². The maximum atomic E-state index is 12.3. The van der Waals surface area contributed by atoms with Crippen LogP contribution in [0.5, 0.6) is 0 Å². The first-order valence-corrected chi connectivity index (χ1v) is 8.35. The number of carbonyl (C=O) groups excluding carboxylic acids is 2. The van der Waals surface area contributed by atoms with E-state index in [0.29, 0.717) is 5.82 Å². The fourth-order valence-electron chi connectivity index (χ4n) is 2.14. The van der Waals surface area contributed by atoms with Gasteiger partial charge in [0, 0.05) is 24.6 Å². The molecule has 136 valence electrons. The summed E-state index contributed by atoms with van der Waals surface area (Å²) in [5.41, 5.74) is -1.30. The quantitative estimate of drug-likeness (QED) is 0.798. The van der Waals surface area contributed by atoms with E-state index in [4.69, 9.17) is 4.74 Å². The van der Waals surface area contributed by atoms with Gasteiger partial charge in [0.2, 0.25) is 5.91 Å². The summed E-state index contributed by atoms with van der Waals surface area (Å²) in [4.78, 5) is 24.1. The lowest BCUT2D eigenvalue weighted by Crippen LogP contribution is -2.47. The minimum atomic E-state index is -0.722. The van der Waals surface area contributed by atoms with Gasteiger partial charge in [-0.05, 0) is 41.0 Å². The van der Waals surface area contributed by atoms with Crippen molar-refractivity contribution in [3.05, 3.63) is 12.3 Å². The first kappa shape index (κ1) is 20.0. The lowest BCUT2D eigenvalue weighted by atomic mass is 10.0. The van der Waals surface area contributed by atoms with E-state index < -0.39 is 17.2 Å². The highest BCUT2D eigenvalue weighted by Crippen LogP contribution is 2.14. The minimum absolute atomic E-state index is 0.130. The van der Waals surface area contributed by atoms with Gasteiger partial charge in [-0.25, -0.2) is 9.48 Å². The highest BCUT2D eigenvalue weighted by molar-refractivity contribution is 5.91. The molecule has 0 aliphatic heterocycles. The Bertz CT molecular complexity index is 558. The Morgan fingerprint density at radius 3 is 2.50 bits per heavy atom. The van der Waals surface area contributed by atoms with Gasteiger partial charge in [0.1, 0.15) is 11.4 Å². The van der Waals surface area contributed by atoms with Gasteiger partial charge in [-0.3, -0.25) is 4.79 Å². The fraction of sp³-hybridized carbons (Fsp3) is 0.706. The van der Waals surface area contributed by atoms with Crippen LogP contribution in [0.15, 0.2) is 12.3 Å². The van der Waals surface area contributed by atoms with Crippen LogP contribution < -0.4 is 10.6 Å². The van der Waals surface area contributed by atoms with Crippen molar-refractivity contribution in [3.63, 3.8) is 0 Å². The molecule has 1 aromatic rings. The van der Waals surface area contributed by atoms with Crippen molar-refractivity contribution in [2.75, 3.05) is 5.32 Å². The fourth-order valence-corrected chi connectivity index (χ4v) is 2.14. The van der Waals surface area contributed by atoms with Crippen molar-refractivity contribution < 1.29 is 14.3 Å². The molecule has 1 aromatic heterocycles. The number of hydrogen-bond acceptors (Lipinski definition) is 4. The van der Waals surface area contributed by atoms with E-state index in [2.05, 4.69) is 22.7 Å². The monoisotopic (exact) mass is 338 g/mol. The molecule has 0 bridgehead atoms. The Balaban J connectivity index is 2.57. The van der Waals surface area contributed by atoms with E-state index in [1.165, 1.54) is 0 Å². The summed E-state index contributed by atoms with van der Waals surface area (Å²) in [5.74, 6) is 0.482. The maximum absolute atomic E-state index is 12.3. The predicted octanol–water partition coefficient (Wildman–Crippen LogP) is 3.32. The van der Waals surface area contributed by atoms with Gasteiger partial charge in [0.15, 0.2) is 0 Å². The third kappa shape index (κ3) is 7.48. The van der Waals surface area contributed by atoms with Gasteiger partial charge >= 0.3 is 6.09 Å². The van der Waals surface area contributed by atoms with Crippen LogP contribution in [0, 0.1) is 0 Å². The van der Waals surface area contributed by atoms with Gasteiger partial charge in [0.05, 0.1) is 6.20 Å². The average Bonchev–Trinajstić information content (AvgIpc) is 2.79. The molecular weight excluding hydrogens is 308 g/mol. The van der Waals surface area contributed by atoms with Crippen LogP contribution in [0.25, 0.3) is 0 Å². The Hall–Kier alpha value is -2.05. The van der Waals surface area contributed by atoms with Crippen molar-refractivity contribution in [2.45, 2.75) is 78.5 Å². The molecule has 1 heterocycles. The summed E-state index contributed by atoms with van der Waals surface area (Å²) in [5, 5.41) is 9.78. The number of carbonyl (C=O) groups is 2. The number of amides is 2. The smallest absolute Gasteiger partial charge is 0.408 e. The largest absolute Gasteiger partial charge is 0.444 e. The number of aryl methyl sites for hydroxylation is 1. The number of alkyl carbamates (subject to hydrolysis) is 1. The molecule has 0 aromatic carbocycles. The van der Waals surface area contributed by atoms with Crippen molar-refractivity contribution in [1.82, 2.24) is 15.1 Å². The third-order valence-corrected chi connectivity index (χ3v) is 3.15. The molecule has 7 nitrogen and oxygen atoms in total. The second-order valence-corrected chi connectivity index (χ2v) is 7.53. The van der Waals surface area contributed by atoms with Gasteiger partial charge < -0.3 is 15.4 Å². The molecule has 0 radical (unpaired) electrons. The van der Waals surface area contributed by atoms with E-state index in [9.17, 15) is 9.59 Å². The van der Waals surface area contributed by atoms with E-state index in [1.807, 2.05) is 0 Å². The molecular formula is C17H30N4O3. The standard InChI is InChI=1S/C17H30N4O3/c1-7-8-11-21-13(9-10-18-21)19-14(22)12-17(5,6)20-15(23)24-16(2,3)4/h9-10H,7-8,11-12H2,1-6H3,(H,19,22)(H,20,23). The van der Waals surface area contributed by atoms with Crippen LogP contribution in [0.2, 0.25) is 0 Å². The third-order valence-electron chi connectivity index (χ3n) is 3.15. The highest BCUT2D eigenvalue weighted by Gasteiger charge is 2.27. The van der Waals surface area contributed by atoms with Crippen LogP contribution in [-0.2, 0) is 16.1 Å². The Morgan fingerprint density at radius 2 is 1.92 bits per heavy atom. The number of ether oxygens (including phenoxy) is 1. The summed E-state index contributed by atoms with van der Waals surface area (Å²) in [6.45, 7) is 11.8. The molecule has 7 heteroatoms. The Labute approximate surface area is 144 Å². The molecule has 0 aliphatic rings. The summed E-state index contributed by atoms with van der Waals surface area (Å²) in [7, 11) is 0. The zero-order chi connectivity index (χ0) is 18.4. The molecule has 24 heavy (non-hydrogen) atoms. The number of aromatic nitrogens is 2. The van der Waals surface area contributed by atoms with Gasteiger partial charge in [0.25, 0.3) is 0 Å². The zero-order valence-corrected chi connectivity index (χ0v) is 15.6. The number of anilines is 1. The first-order chi connectivity index (χ1) is 11.0. The number of rotatable bonds is 7. The molecule has 2 N–H and O–H groups in total. The van der Waals surface area contributed by atoms with Crippen molar-refractivity contribution in [1.29, 1.82) is 0 Å². The molecule has 2 amide bonds. The Morgan fingerprint density at radius 1 is 1.25 bits per heavy atom. The highest BCUT2D eigenvalue weighted by atomic mass is 16.6. The van der Waals surface area contributed by atoms with Gasteiger partial charge in [-0.15, -0.1) is 0 Å². The average molecular weight is 338 g/mol. The van der Waals surface area contributed by atoms with Gasteiger partial charge in [-0.1, -0.05) is 13.3 Å². The minimum Gasteiger partial charge on any atom is -0.444 e. The summed E-state index contributed by atoms with van der Waals surface area (Å²) in [6.07, 6.45) is 3.31. The molecule has 0 spiro atoms. The molecule has 0 atom stereocenters. The summed E-state index contributed by atoms with van der Waals surface area (Å²) < 4.78 is 7.00. The van der Waals surface area contributed by atoms with E-state index in [1.54, 1.807) is 51.6 Å². The van der Waals surface area contributed by atoms with E-state index >= 15 is 0 Å². The summed E-state index contributed by atoms with van der Waals surface area (Å²) in [6, 6.07) is 1.77. The van der Waals surface area contributed by atoms with Crippen molar-refractivity contribution in [3.8, 4) is 0 Å². The normalized spacial score (nSPS) is 11.9. The lowest BCUT2D eigenvalue weighted by Gasteiger charge is -2.28. The number of nitrogens with zero attached hydrogens (tertiary/aromatic N) is 2.